The van der Waals surface area contributed by atoms with Crippen molar-refractivity contribution >= 4 is 28.9 Å². The minimum Gasteiger partial charge on any atom is -0.783 e. The molecule has 0 heterocycles. The van der Waals surface area contributed by atoms with Gasteiger partial charge in [-0.15, -0.1) is 0 Å². The van der Waals surface area contributed by atoms with E-state index in [4.69, 9.17) is 16.3 Å². The van der Waals surface area contributed by atoms with Crippen molar-refractivity contribution < 1.29 is 28.9 Å². The molecular formula is C14H14O2PS2Zn-. The van der Waals surface area contributed by atoms with Gasteiger partial charge in [-0.1, -0.05) is 59.6 Å². The fraction of sp³-hybridized carbons (Fsp3) is 0.143. The predicted molar refractivity (Wildman–Crippen MR) is 83.1 cm³/mol. The predicted octanol–water partition coefficient (Wildman–Crippen LogP) is 4.06. The van der Waals surface area contributed by atoms with Crippen LogP contribution in [0.5, 0.6) is 5.75 Å². The quantitative estimate of drug-likeness (QED) is 0.597. The molecular weight excluding hydrogens is 361 g/mol. The third-order valence-electron chi connectivity index (χ3n) is 2.61. The minimum absolute atomic E-state index is 0. The molecule has 1 unspecified atom stereocenters. The summed E-state index contributed by atoms with van der Waals surface area (Å²) >= 11 is 6.25. The fourth-order valence-corrected chi connectivity index (χ4v) is 5.31. The molecule has 2 nitrogen and oxygen atoms in total. The van der Waals surface area contributed by atoms with Gasteiger partial charge in [0, 0.05) is 24.4 Å². The number of hydrogen-bond acceptors (Lipinski definition) is 4. The molecule has 0 N–H and O–H groups in total. The summed E-state index contributed by atoms with van der Waals surface area (Å²) in [6.07, 6.45) is 0. The Morgan fingerprint density at radius 2 is 1.55 bits per heavy atom. The van der Waals surface area contributed by atoms with Gasteiger partial charge in [0.2, 0.25) is 0 Å². The molecule has 0 amide bonds. The molecule has 102 valence electrons. The Hall–Kier alpha value is -0.177. The van der Waals surface area contributed by atoms with Crippen LogP contribution in [0.1, 0.15) is 11.1 Å². The van der Waals surface area contributed by atoms with E-state index in [2.05, 4.69) is 0 Å². The summed E-state index contributed by atoms with van der Waals surface area (Å²) < 4.78 is 5.52. The maximum absolute atomic E-state index is 12.4. The van der Waals surface area contributed by atoms with Crippen LogP contribution in [0.4, 0.5) is 0 Å². The second-order valence-electron chi connectivity index (χ2n) is 4.16. The van der Waals surface area contributed by atoms with E-state index in [1.165, 1.54) is 0 Å². The number of benzene rings is 2. The third-order valence-corrected chi connectivity index (χ3v) is 6.29. The third kappa shape index (κ3) is 4.98. The topological polar surface area (TPSA) is 32.3 Å². The van der Waals surface area contributed by atoms with Gasteiger partial charge in [0.25, 0.3) is 0 Å². The molecule has 6 heteroatoms. The second kappa shape index (κ2) is 7.72. The van der Waals surface area contributed by atoms with Crippen molar-refractivity contribution in [3.8, 4) is 5.75 Å². The van der Waals surface area contributed by atoms with E-state index >= 15 is 0 Å². The molecule has 0 saturated heterocycles. The molecule has 0 radical (unpaired) electrons. The molecule has 0 aliphatic heterocycles. The molecule has 0 aromatic heterocycles. The van der Waals surface area contributed by atoms with Crippen LogP contribution in [0.15, 0.2) is 53.4 Å². The van der Waals surface area contributed by atoms with E-state index in [9.17, 15) is 4.89 Å². The van der Waals surface area contributed by atoms with E-state index in [0.717, 1.165) is 27.4 Å². The van der Waals surface area contributed by atoms with Crippen LogP contribution in [0.25, 0.3) is 0 Å². The molecule has 0 aliphatic carbocycles. The summed E-state index contributed by atoms with van der Waals surface area (Å²) in [4.78, 5) is 13.3. The molecule has 0 fully saturated rings. The van der Waals surface area contributed by atoms with Crippen molar-refractivity contribution in [2.24, 2.45) is 0 Å². The number of para-hydroxylation sites is 1. The fourth-order valence-electron chi connectivity index (χ4n) is 1.58. The van der Waals surface area contributed by atoms with Crippen LogP contribution in [0.2, 0.25) is 0 Å². The Labute approximate surface area is 141 Å². The summed E-state index contributed by atoms with van der Waals surface area (Å²) in [5, 5.41) is 0. The molecule has 0 aliphatic rings. The van der Waals surface area contributed by atoms with E-state index in [1.807, 2.05) is 56.3 Å². The average Bonchev–Trinajstić information content (AvgIpc) is 2.35. The SMILES string of the molecule is Cc1ccccc1OP([O-])(=S)Sc1ccccc1C.[Zn]. The van der Waals surface area contributed by atoms with E-state index in [1.54, 1.807) is 6.07 Å². The van der Waals surface area contributed by atoms with E-state index < -0.39 is 5.69 Å². The molecule has 2 rings (SSSR count). The molecule has 2 aromatic carbocycles. The second-order valence-corrected chi connectivity index (χ2v) is 9.99. The van der Waals surface area contributed by atoms with Gasteiger partial charge >= 0.3 is 0 Å². The van der Waals surface area contributed by atoms with Gasteiger partial charge in [-0.2, -0.15) is 0 Å². The first-order valence-electron chi connectivity index (χ1n) is 5.79. The standard InChI is InChI=1S/C14H15O2PS2.Zn/c1-11-7-3-5-9-13(11)16-17(15,18)19-14-10-6-4-8-12(14)2;/h3-10H,1-2H3,(H,15,18);/p-1. The summed E-state index contributed by atoms with van der Waals surface area (Å²) in [5.41, 5.74) is -1.21. The summed E-state index contributed by atoms with van der Waals surface area (Å²) in [6, 6.07) is 15.1. The van der Waals surface area contributed by atoms with Crippen molar-refractivity contribution in [3.05, 3.63) is 59.7 Å². The smallest absolute Gasteiger partial charge is 0.126 e. The number of hydrogen-bond donors (Lipinski definition) is 0. The summed E-state index contributed by atoms with van der Waals surface area (Å²) in [5.74, 6) is 0.585. The van der Waals surface area contributed by atoms with Crippen molar-refractivity contribution in [2.45, 2.75) is 18.7 Å². The Kier molecular flexibility index (Phi) is 6.90. The first-order chi connectivity index (χ1) is 8.98. The zero-order valence-electron chi connectivity index (χ0n) is 11.4. The molecule has 2 aromatic rings. The van der Waals surface area contributed by atoms with Crippen LogP contribution < -0.4 is 9.42 Å². The normalized spacial score (nSPS) is 13.2. The molecule has 1 atom stereocenters. The van der Waals surface area contributed by atoms with Gasteiger partial charge < -0.3 is 9.42 Å². The van der Waals surface area contributed by atoms with Gasteiger partial charge in [0.1, 0.15) is 11.4 Å². The Bertz CT molecular complexity index is 583. The minimum atomic E-state index is -3.19. The molecule has 0 spiro atoms. The van der Waals surface area contributed by atoms with Crippen LogP contribution in [-0.4, -0.2) is 0 Å². The molecule has 0 bridgehead atoms. The van der Waals surface area contributed by atoms with Crippen LogP contribution in [0.3, 0.4) is 0 Å². The zero-order chi connectivity index (χ0) is 13.9. The van der Waals surface area contributed by atoms with Crippen LogP contribution >= 0.6 is 17.1 Å². The average molecular weight is 375 g/mol. The summed E-state index contributed by atoms with van der Waals surface area (Å²) in [6.45, 7) is 3.87. The van der Waals surface area contributed by atoms with Crippen molar-refractivity contribution in [1.29, 1.82) is 0 Å². The Morgan fingerprint density at radius 1 is 1.00 bits per heavy atom. The maximum Gasteiger partial charge on any atom is 0.126 e. The number of aryl methyl sites for hydroxylation is 2. The van der Waals surface area contributed by atoms with Crippen molar-refractivity contribution in [3.63, 3.8) is 0 Å². The van der Waals surface area contributed by atoms with Crippen molar-refractivity contribution in [1.82, 2.24) is 0 Å². The van der Waals surface area contributed by atoms with Gasteiger partial charge in [0.05, 0.1) is 0 Å². The maximum atomic E-state index is 12.4. The van der Waals surface area contributed by atoms with Crippen LogP contribution in [0, 0.1) is 13.8 Å². The Morgan fingerprint density at radius 3 is 2.15 bits per heavy atom. The van der Waals surface area contributed by atoms with E-state index in [0.29, 0.717) is 5.75 Å². The van der Waals surface area contributed by atoms with Crippen LogP contribution in [-0.2, 0) is 31.3 Å². The van der Waals surface area contributed by atoms with Gasteiger partial charge in [-0.05, 0) is 37.1 Å². The largest absolute Gasteiger partial charge is 0.783 e. The first kappa shape index (κ1) is 17.9. The molecule has 20 heavy (non-hydrogen) atoms. The Balaban J connectivity index is 0.00000200. The van der Waals surface area contributed by atoms with Gasteiger partial charge in [-0.3, -0.25) is 0 Å². The zero-order valence-corrected chi connectivity index (χ0v) is 16.9. The van der Waals surface area contributed by atoms with Crippen molar-refractivity contribution in [2.75, 3.05) is 0 Å². The van der Waals surface area contributed by atoms with E-state index in [-0.39, 0.29) is 19.5 Å². The monoisotopic (exact) mass is 373 g/mol. The van der Waals surface area contributed by atoms with Gasteiger partial charge in [-0.25, -0.2) is 0 Å². The van der Waals surface area contributed by atoms with Gasteiger partial charge in [0.15, 0.2) is 0 Å². The summed E-state index contributed by atoms with van der Waals surface area (Å²) in [7, 11) is 0. The first-order valence-corrected chi connectivity index (χ1v) is 9.85. The molecule has 0 saturated carbocycles. The number of rotatable bonds is 4.